The summed E-state index contributed by atoms with van der Waals surface area (Å²) in [5.41, 5.74) is 2.01. The number of carbonyl (C=O) groups is 1. The Labute approximate surface area is 129 Å². The number of nitrogens with one attached hydrogen (secondary N) is 2. The fraction of sp³-hybridized carbons (Fsp3) is 0.562. The van der Waals surface area contributed by atoms with Gasteiger partial charge in [-0.3, -0.25) is 4.79 Å². The van der Waals surface area contributed by atoms with Gasteiger partial charge in [0, 0.05) is 16.4 Å². The van der Waals surface area contributed by atoms with Crippen molar-refractivity contribution < 1.29 is 4.79 Å². The van der Waals surface area contributed by atoms with Gasteiger partial charge in [-0.05, 0) is 60.4 Å². The molecule has 1 saturated carbocycles. The van der Waals surface area contributed by atoms with E-state index in [1.807, 2.05) is 32.2 Å². The first-order valence-corrected chi connectivity index (χ1v) is 8.09. The summed E-state index contributed by atoms with van der Waals surface area (Å²) in [5, 5.41) is 6.40. The molecule has 1 fully saturated rings. The van der Waals surface area contributed by atoms with E-state index in [0.717, 1.165) is 23.0 Å². The van der Waals surface area contributed by atoms with E-state index in [0.29, 0.717) is 6.42 Å². The number of amides is 1. The predicted molar refractivity (Wildman–Crippen MR) is 87.0 cm³/mol. The van der Waals surface area contributed by atoms with Crippen molar-refractivity contribution in [2.24, 2.45) is 0 Å². The molecule has 0 aliphatic heterocycles. The van der Waals surface area contributed by atoms with Gasteiger partial charge < -0.3 is 10.6 Å². The molecule has 2 rings (SSSR count). The average molecular weight is 339 g/mol. The smallest absolute Gasteiger partial charge is 0.226 e. The molecule has 0 atom stereocenters. The second kappa shape index (κ2) is 6.72. The number of rotatable bonds is 4. The molecule has 0 spiro atoms. The third-order valence-electron chi connectivity index (χ3n) is 4.24. The number of anilines is 1. The molecule has 0 unspecified atom stereocenters. The van der Waals surface area contributed by atoms with E-state index in [1.165, 1.54) is 24.8 Å². The van der Waals surface area contributed by atoms with Gasteiger partial charge in [-0.2, -0.15) is 0 Å². The zero-order valence-electron chi connectivity index (χ0n) is 12.3. The lowest BCUT2D eigenvalue weighted by Crippen LogP contribution is -2.47. The molecule has 0 aromatic heterocycles. The average Bonchev–Trinajstić information content (AvgIpc) is 2.43. The van der Waals surface area contributed by atoms with Crippen LogP contribution in [-0.4, -0.2) is 18.5 Å². The number of benzene rings is 1. The second-order valence-electron chi connectivity index (χ2n) is 5.80. The predicted octanol–water partition coefficient (Wildman–Crippen LogP) is 4.01. The van der Waals surface area contributed by atoms with Crippen molar-refractivity contribution in [1.29, 1.82) is 0 Å². The third kappa shape index (κ3) is 3.83. The van der Waals surface area contributed by atoms with Crippen LogP contribution in [0.1, 0.15) is 44.1 Å². The lowest BCUT2D eigenvalue weighted by molar-refractivity contribution is -0.117. The standard InChI is InChI=1S/C16H23BrN2O/c1-12-6-7-14(13(17)10-12)19-15(20)11-16(18-2)8-4-3-5-9-16/h6-7,10,18H,3-5,8-9,11H2,1-2H3,(H,19,20). The topological polar surface area (TPSA) is 41.1 Å². The molecule has 1 aromatic rings. The minimum absolute atomic E-state index is 0.0144. The van der Waals surface area contributed by atoms with Crippen LogP contribution in [-0.2, 0) is 4.79 Å². The van der Waals surface area contributed by atoms with E-state index in [-0.39, 0.29) is 11.4 Å². The molecule has 1 aromatic carbocycles. The van der Waals surface area contributed by atoms with Gasteiger partial charge in [-0.1, -0.05) is 25.3 Å². The fourth-order valence-electron chi connectivity index (χ4n) is 2.97. The van der Waals surface area contributed by atoms with E-state index >= 15 is 0 Å². The second-order valence-corrected chi connectivity index (χ2v) is 6.65. The van der Waals surface area contributed by atoms with Crippen LogP contribution in [0.15, 0.2) is 22.7 Å². The van der Waals surface area contributed by atoms with Crippen LogP contribution in [0.5, 0.6) is 0 Å². The maximum absolute atomic E-state index is 12.3. The molecule has 20 heavy (non-hydrogen) atoms. The van der Waals surface area contributed by atoms with Crippen LogP contribution in [0.4, 0.5) is 5.69 Å². The van der Waals surface area contributed by atoms with Crippen molar-refractivity contribution in [3.63, 3.8) is 0 Å². The normalized spacial score (nSPS) is 17.8. The minimum atomic E-state index is -0.0144. The van der Waals surface area contributed by atoms with Crippen molar-refractivity contribution in [3.8, 4) is 0 Å². The summed E-state index contributed by atoms with van der Waals surface area (Å²) < 4.78 is 0.938. The van der Waals surface area contributed by atoms with E-state index in [9.17, 15) is 4.79 Å². The highest BCUT2D eigenvalue weighted by Gasteiger charge is 2.32. The molecule has 0 saturated heterocycles. The Morgan fingerprint density at radius 3 is 2.60 bits per heavy atom. The van der Waals surface area contributed by atoms with Crippen LogP contribution < -0.4 is 10.6 Å². The van der Waals surface area contributed by atoms with Gasteiger partial charge in [0.25, 0.3) is 0 Å². The summed E-state index contributed by atoms with van der Waals surface area (Å²) in [6.45, 7) is 2.04. The summed E-state index contributed by atoms with van der Waals surface area (Å²) in [5.74, 6) is 0.0887. The minimum Gasteiger partial charge on any atom is -0.325 e. The molecule has 4 heteroatoms. The third-order valence-corrected chi connectivity index (χ3v) is 4.89. The van der Waals surface area contributed by atoms with Gasteiger partial charge in [0.05, 0.1) is 5.69 Å². The van der Waals surface area contributed by atoms with Gasteiger partial charge in [-0.15, -0.1) is 0 Å². The Morgan fingerprint density at radius 2 is 2.00 bits per heavy atom. The Kier molecular flexibility index (Phi) is 5.22. The molecular weight excluding hydrogens is 316 g/mol. The van der Waals surface area contributed by atoms with Crippen molar-refractivity contribution in [3.05, 3.63) is 28.2 Å². The highest BCUT2D eigenvalue weighted by molar-refractivity contribution is 9.10. The Hall–Kier alpha value is -0.870. The highest BCUT2D eigenvalue weighted by Crippen LogP contribution is 2.31. The van der Waals surface area contributed by atoms with E-state index in [2.05, 4.69) is 26.6 Å². The number of carbonyl (C=O) groups excluding carboxylic acids is 1. The molecule has 0 heterocycles. The number of aryl methyl sites for hydroxylation is 1. The zero-order chi connectivity index (χ0) is 14.6. The molecule has 0 radical (unpaired) electrons. The maximum Gasteiger partial charge on any atom is 0.226 e. The molecule has 2 N–H and O–H groups in total. The molecule has 1 aliphatic carbocycles. The van der Waals surface area contributed by atoms with E-state index < -0.39 is 0 Å². The van der Waals surface area contributed by atoms with Crippen LogP contribution >= 0.6 is 15.9 Å². The first kappa shape index (κ1) is 15.5. The molecule has 1 aliphatic rings. The monoisotopic (exact) mass is 338 g/mol. The Morgan fingerprint density at radius 1 is 1.30 bits per heavy atom. The molecule has 3 nitrogen and oxygen atoms in total. The number of halogens is 1. The van der Waals surface area contributed by atoms with Crippen LogP contribution in [0.25, 0.3) is 0 Å². The molecule has 0 bridgehead atoms. The van der Waals surface area contributed by atoms with Gasteiger partial charge in [0.1, 0.15) is 0 Å². The summed E-state index contributed by atoms with van der Waals surface area (Å²) in [6.07, 6.45) is 6.43. The summed E-state index contributed by atoms with van der Waals surface area (Å²) in [6, 6.07) is 5.98. The van der Waals surface area contributed by atoms with Crippen LogP contribution in [0.3, 0.4) is 0 Å². The van der Waals surface area contributed by atoms with E-state index in [4.69, 9.17) is 0 Å². The summed E-state index contributed by atoms with van der Waals surface area (Å²) in [4.78, 5) is 12.3. The van der Waals surface area contributed by atoms with Gasteiger partial charge >= 0.3 is 0 Å². The van der Waals surface area contributed by atoms with Crippen molar-refractivity contribution in [2.45, 2.75) is 51.0 Å². The SMILES string of the molecule is CNC1(CC(=O)Nc2ccc(C)cc2Br)CCCCC1. The van der Waals surface area contributed by atoms with Crippen molar-refractivity contribution in [1.82, 2.24) is 5.32 Å². The van der Waals surface area contributed by atoms with E-state index in [1.54, 1.807) is 0 Å². The Bertz CT molecular complexity index is 481. The fourth-order valence-corrected chi connectivity index (χ4v) is 3.56. The van der Waals surface area contributed by atoms with Gasteiger partial charge in [0.15, 0.2) is 0 Å². The Balaban J connectivity index is 2.00. The molecular formula is C16H23BrN2O. The van der Waals surface area contributed by atoms with Gasteiger partial charge in [-0.25, -0.2) is 0 Å². The zero-order valence-corrected chi connectivity index (χ0v) is 13.8. The summed E-state index contributed by atoms with van der Waals surface area (Å²) in [7, 11) is 1.97. The van der Waals surface area contributed by atoms with Crippen molar-refractivity contribution >= 4 is 27.5 Å². The van der Waals surface area contributed by atoms with Crippen molar-refractivity contribution in [2.75, 3.05) is 12.4 Å². The lowest BCUT2D eigenvalue weighted by Gasteiger charge is -2.36. The maximum atomic E-state index is 12.3. The van der Waals surface area contributed by atoms with Crippen LogP contribution in [0.2, 0.25) is 0 Å². The molecule has 1 amide bonds. The summed E-state index contributed by atoms with van der Waals surface area (Å²) >= 11 is 3.50. The largest absolute Gasteiger partial charge is 0.325 e. The number of hydrogen-bond acceptors (Lipinski definition) is 2. The number of hydrogen-bond donors (Lipinski definition) is 2. The quantitative estimate of drug-likeness (QED) is 0.870. The lowest BCUT2D eigenvalue weighted by atomic mass is 9.79. The molecule has 110 valence electrons. The first-order chi connectivity index (χ1) is 9.54. The van der Waals surface area contributed by atoms with Crippen LogP contribution in [0, 0.1) is 6.92 Å². The first-order valence-electron chi connectivity index (χ1n) is 7.30. The highest BCUT2D eigenvalue weighted by atomic mass is 79.9. The van der Waals surface area contributed by atoms with Gasteiger partial charge in [0.2, 0.25) is 5.91 Å².